The fourth-order valence-corrected chi connectivity index (χ4v) is 5.89. The Balaban J connectivity index is 1.23. The third-order valence-corrected chi connectivity index (χ3v) is 8.13. The van der Waals surface area contributed by atoms with Crippen molar-refractivity contribution in [2.24, 2.45) is 11.0 Å². The van der Waals surface area contributed by atoms with E-state index < -0.39 is 0 Å². The van der Waals surface area contributed by atoms with Crippen LogP contribution in [0.15, 0.2) is 57.3 Å². The van der Waals surface area contributed by atoms with Crippen LogP contribution in [-0.4, -0.2) is 40.1 Å². The van der Waals surface area contributed by atoms with E-state index >= 15 is 0 Å². The van der Waals surface area contributed by atoms with E-state index in [1.54, 1.807) is 19.0 Å². The Kier molecular flexibility index (Phi) is 6.38. The number of carbonyl (C=O) groups excluding carboxylic acids is 1. The first-order valence-corrected chi connectivity index (χ1v) is 13.0. The van der Waals surface area contributed by atoms with Crippen LogP contribution in [0.2, 0.25) is 0 Å². The number of fused-ring (bicyclic) bond motifs is 1. The molecule has 1 saturated carbocycles. The van der Waals surface area contributed by atoms with E-state index in [1.807, 2.05) is 41.0 Å². The number of amides is 1. The second-order valence-corrected chi connectivity index (χ2v) is 11.0. The Bertz CT molecular complexity index is 1150. The second kappa shape index (κ2) is 9.45. The van der Waals surface area contributed by atoms with E-state index in [2.05, 4.69) is 37.3 Å². The van der Waals surface area contributed by atoms with E-state index in [0.717, 1.165) is 49.1 Å². The summed E-state index contributed by atoms with van der Waals surface area (Å²) in [6.45, 7) is 4.30. The summed E-state index contributed by atoms with van der Waals surface area (Å²) < 4.78 is 5.66. The van der Waals surface area contributed by atoms with Gasteiger partial charge >= 0.3 is 0 Å². The molecular weight excluding hydrogens is 444 g/mol. The van der Waals surface area contributed by atoms with Crippen molar-refractivity contribution in [3.63, 3.8) is 0 Å². The smallest absolute Gasteiger partial charge is 0.253 e. The quantitative estimate of drug-likeness (QED) is 0.498. The Morgan fingerprint density at radius 3 is 2.47 bits per heavy atom. The van der Waals surface area contributed by atoms with E-state index in [-0.39, 0.29) is 5.91 Å². The van der Waals surface area contributed by atoms with Gasteiger partial charge in [-0.3, -0.25) is 4.79 Å². The Morgan fingerprint density at radius 1 is 1.12 bits per heavy atom. The normalized spacial score (nSPS) is 22.3. The summed E-state index contributed by atoms with van der Waals surface area (Å²) in [7, 11) is 3.55. The molecule has 1 aromatic heterocycles. The number of nitrogens with zero attached hydrogens (tertiary/aromatic N) is 4. The van der Waals surface area contributed by atoms with Crippen molar-refractivity contribution in [3.05, 3.63) is 70.2 Å². The van der Waals surface area contributed by atoms with Gasteiger partial charge < -0.3 is 9.42 Å². The molecule has 0 N–H and O–H groups in total. The molecule has 3 heterocycles. The molecule has 0 radical (unpaired) electrons. The maximum atomic E-state index is 12.2. The van der Waals surface area contributed by atoms with Gasteiger partial charge in [0.15, 0.2) is 0 Å². The van der Waals surface area contributed by atoms with Gasteiger partial charge in [0.05, 0.1) is 10.7 Å². The topological polar surface area (TPSA) is 61.9 Å². The van der Waals surface area contributed by atoms with Crippen molar-refractivity contribution in [1.82, 2.24) is 15.1 Å². The maximum absolute atomic E-state index is 12.2. The molecule has 0 atom stereocenters. The lowest BCUT2D eigenvalue weighted by Crippen LogP contribution is -2.21. The highest BCUT2D eigenvalue weighted by Crippen LogP contribution is 2.44. The molecule has 7 heteroatoms. The molecule has 1 fully saturated rings. The van der Waals surface area contributed by atoms with Gasteiger partial charge in [-0.15, -0.1) is 0 Å². The largest absolute Gasteiger partial charge is 0.361 e. The molecule has 5 rings (SSSR count). The highest BCUT2D eigenvalue weighted by Gasteiger charge is 2.33. The molecule has 3 aliphatic rings. The number of thioether (sulfide) groups is 1. The SMILES string of the molecule is CC(C)c1cc(C2CCC(C3=NN4C=C(c5ccc(C(=O)N(C)C)cc5)CC=C4S3)CC2)on1. The van der Waals surface area contributed by atoms with Crippen molar-refractivity contribution in [3.8, 4) is 0 Å². The summed E-state index contributed by atoms with van der Waals surface area (Å²) in [6, 6.07) is 10.0. The lowest BCUT2D eigenvalue weighted by Gasteiger charge is -2.26. The third-order valence-electron chi connectivity index (χ3n) is 6.94. The number of rotatable bonds is 5. The van der Waals surface area contributed by atoms with Crippen LogP contribution in [0.5, 0.6) is 0 Å². The highest BCUT2D eigenvalue weighted by atomic mass is 32.2. The van der Waals surface area contributed by atoms with Crippen LogP contribution < -0.4 is 0 Å². The molecule has 2 aromatic rings. The summed E-state index contributed by atoms with van der Waals surface area (Å²) >= 11 is 1.82. The lowest BCUT2D eigenvalue weighted by molar-refractivity contribution is 0.0827. The molecule has 6 nitrogen and oxygen atoms in total. The monoisotopic (exact) mass is 476 g/mol. The molecular formula is C27H32N4O2S. The number of benzene rings is 1. The number of allylic oxidation sites excluding steroid dienone is 2. The predicted octanol–water partition coefficient (Wildman–Crippen LogP) is 6.42. The van der Waals surface area contributed by atoms with Gasteiger partial charge in [0.25, 0.3) is 5.91 Å². The van der Waals surface area contributed by atoms with Gasteiger partial charge in [0.2, 0.25) is 0 Å². The van der Waals surface area contributed by atoms with E-state index in [1.165, 1.54) is 15.6 Å². The molecule has 34 heavy (non-hydrogen) atoms. The average molecular weight is 477 g/mol. The zero-order chi connectivity index (χ0) is 23.8. The number of carbonyl (C=O) groups is 1. The van der Waals surface area contributed by atoms with Crippen LogP contribution in [0.3, 0.4) is 0 Å². The summed E-state index contributed by atoms with van der Waals surface area (Å²) in [5.41, 5.74) is 4.11. The molecule has 1 aromatic carbocycles. The van der Waals surface area contributed by atoms with Gasteiger partial charge in [-0.2, -0.15) is 5.10 Å². The fraction of sp³-hybridized carbons (Fsp3) is 0.444. The minimum absolute atomic E-state index is 0.0231. The molecule has 178 valence electrons. The number of hydrazone groups is 1. The first kappa shape index (κ1) is 23.0. The van der Waals surface area contributed by atoms with Crippen molar-refractivity contribution < 1.29 is 9.32 Å². The second-order valence-electron chi connectivity index (χ2n) is 9.92. The molecule has 0 unspecified atom stereocenters. The Labute approximate surface area is 205 Å². The van der Waals surface area contributed by atoms with Crippen molar-refractivity contribution in [1.29, 1.82) is 0 Å². The first-order chi connectivity index (χ1) is 16.4. The fourth-order valence-electron chi connectivity index (χ4n) is 4.79. The molecule has 0 saturated heterocycles. The van der Waals surface area contributed by atoms with Gasteiger partial charge in [-0.05, 0) is 67.4 Å². The third kappa shape index (κ3) is 4.58. The predicted molar refractivity (Wildman–Crippen MR) is 137 cm³/mol. The maximum Gasteiger partial charge on any atom is 0.253 e. The molecule has 1 aliphatic carbocycles. The van der Waals surface area contributed by atoms with Crippen LogP contribution >= 0.6 is 11.8 Å². The average Bonchev–Trinajstić information content (AvgIpc) is 3.51. The summed E-state index contributed by atoms with van der Waals surface area (Å²) in [6.07, 6.45) is 9.79. The molecule has 0 spiro atoms. The highest BCUT2D eigenvalue weighted by molar-refractivity contribution is 8.17. The van der Waals surface area contributed by atoms with Crippen LogP contribution in [0.4, 0.5) is 0 Å². The Hall–Kier alpha value is -2.80. The van der Waals surface area contributed by atoms with Gasteiger partial charge in [0.1, 0.15) is 10.8 Å². The number of hydrogen-bond acceptors (Lipinski definition) is 6. The number of aromatic nitrogens is 1. The standard InChI is InChI=1S/C27H32N4O2S/c1-17(2)23-15-24(33-29-23)19-7-9-20(10-8-19)26-28-31-16-22(13-14-25(31)34-26)18-5-11-21(12-6-18)27(32)30(3)4/h5-6,11-12,14-17,19-20H,7-10,13H2,1-4H3. The first-order valence-electron chi connectivity index (χ1n) is 12.1. The minimum atomic E-state index is 0.0231. The van der Waals surface area contributed by atoms with Gasteiger partial charge in [-0.25, -0.2) is 5.01 Å². The van der Waals surface area contributed by atoms with E-state index in [9.17, 15) is 4.79 Å². The minimum Gasteiger partial charge on any atom is -0.361 e. The van der Waals surface area contributed by atoms with Crippen LogP contribution in [0.25, 0.3) is 5.57 Å². The van der Waals surface area contributed by atoms with Crippen molar-refractivity contribution >= 4 is 28.3 Å². The van der Waals surface area contributed by atoms with Gasteiger partial charge in [-0.1, -0.05) is 42.9 Å². The summed E-state index contributed by atoms with van der Waals surface area (Å²) in [5, 5.41) is 13.7. The van der Waals surface area contributed by atoms with E-state index in [0.29, 0.717) is 23.3 Å². The molecule has 2 aliphatic heterocycles. The number of hydrogen-bond donors (Lipinski definition) is 0. The summed E-state index contributed by atoms with van der Waals surface area (Å²) in [5.74, 6) is 2.46. The van der Waals surface area contributed by atoms with Gasteiger partial charge in [0, 0.05) is 43.8 Å². The summed E-state index contributed by atoms with van der Waals surface area (Å²) in [4.78, 5) is 13.8. The van der Waals surface area contributed by atoms with E-state index in [4.69, 9.17) is 9.62 Å². The zero-order valence-electron chi connectivity index (χ0n) is 20.3. The van der Waals surface area contributed by atoms with Crippen molar-refractivity contribution in [2.45, 2.75) is 57.8 Å². The molecule has 0 bridgehead atoms. The zero-order valence-corrected chi connectivity index (χ0v) is 21.1. The van der Waals surface area contributed by atoms with Crippen LogP contribution in [0.1, 0.15) is 85.2 Å². The van der Waals surface area contributed by atoms with Crippen molar-refractivity contribution in [2.75, 3.05) is 14.1 Å². The van der Waals surface area contributed by atoms with Crippen LogP contribution in [-0.2, 0) is 0 Å². The van der Waals surface area contributed by atoms with Crippen LogP contribution in [0, 0.1) is 5.92 Å². The lowest BCUT2D eigenvalue weighted by atomic mass is 9.81. The molecule has 1 amide bonds. The Morgan fingerprint density at radius 2 is 1.82 bits per heavy atom.